The van der Waals surface area contributed by atoms with Gasteiger partial charge in [-0.3, -0.25) is 4.21 Å². The first-order valence-electron chi connectivity index (χ1n) is 5.49. The Morgan fingerprint density at radius 2 is 2.35 bits per heavy atom. The van der Waals surface area contributed by atoms with Crippen LogP contribution in [0.15, 0.2) is 27.5 Å². The lowest BCUT2D eigenvalue weighted by Crippen LogP contribution is -2.00. The Morgan fingerprint density at radius 1 is 1.47 bits per heavy atom. The van der Waals surface area contributed by atoms with E-state index in [1.165, 1.54) is 0 Å². The molecule has 17 heavy (non-hydrogen) atoms. The average molecular weight is 254 g/mol. The summed E-state index contributed by atoms with van der Waals surface area (Å²) in [6, 6.07) is 1.75. The first kappa shape index (κ1) is 12.0. The zero-order valence-electron chi connectivity index (χ0n) is 9.59. The number of furan rings is 1. The molecule has 2 rings (SSSR count). The van der Waals surface area contributed by atoms with E-state index < -0.39 is 10.8 Å². The van der Waals surface area contributed by atoms with Gasteiger partial charge in [-0.25, -0.2) is 0 Å². The van der Waals surface area contributed by atoms with E-state index in [-0.39, 0.29) is 0 Å². The molecule has 0 aliphatic carbocycles. The van der Waals surface area contributed by atoms with Crippen LogP contribution >= 0.6 is 0 Å². The summed E-state index contributed by atoms with van der Waals surface area (Å²) in [4.78, 5) is 4.17. The molecule has 0 N–H and O–H groups in total. The second kappa shape index (κ2) is 5.77. The maximum absolute atomic E-state index is 11.6. The quantitative estimate of drug-likeness (QED) is 0.791. The van der Waals surface area contributed by atoms with E-state index >= 15 is 0 Å². The minimum absolute atomic E-state index is 0.324. The molecule has 5 nitrogen and oxygen atoms in total. The standard InChI is InChI=1S/C11H14N2O3S/c1-2-3-6-17(14)8-10-12-11(13-16-10)9-4-5-15-7-9/h4-5,7H,2-3,6,8H2,1H3/t17-/m0/s1. The molecule has 0 unspecified atom stereocenters. The fourth-order valence-electron chi connectivity index (χ4n) is 1.34. The van der Waals surface area contributed by atoms with Gasteiger partial charge in [0.1, 0.15) is 12.0 Å². The molecule has 0 radical (unpaired) electrons. The van der Waals surface area contributed by atoms with E-state index in [1.54, 1.807) is 18.6 Å². The van der Waals surface area contributed by atoms with Crippen LogP contribution in [0.25, 0.3) is 11.4 Å². The number of rotatable bonds is 6. The predicted molar refractivity (Wildman–Crippen MR) is 63.6 cm³/mol. The number of aromatic nitrogens is 2. The summed E-state index contributed by atoms with van der Waals surface area (Å²) >= 11 is 0. The van der Waals surface area contributed by atoms with Crippen molar-refractivity contribution >= 4 is 10.8 Å². The minimum atomic E-state index is -0.924. The Kier molecular flexibility index (Phi) is 4.08. The first-order chi connectivity index (χ1) is 8.29. The van der Waals surface area contributed by atoms with Crippen molar-refractivity contribution in [2.24, 2.45) is 0 Å². The Hall–Kier alpha value is -1.43. The summed E-state index contributed by atoms with van der Waals surface area (Å²) in [6.45, 7) is 2.07. The molecule has 0 aromatic carbocycles. The van der Waals surface area contributed by atoms with Crippen LogP contribution in [0.4, 0.5) is 0 Å². The van der Waals surface area contributed by atoms with Crippen LogP contribution in [0.2, 0.25) is 0 Å². The van der Waals surface area contributed by atoms with Crippen molar-refractivity contribution < 1.29 is 13.1 Å². The minimum Gasteiger partial charge on any atom is -0.472 e. The number of unbranched alkanes of at least 4 members (excludes halogenated alkanes) is 1. The molecule has 2 aromatic heterocycles. The maximum Gasteiger partial charge on any atom is 0.239 e. The highest BCUT2D eigenvalue weighted by atomic mass is 32.2. The van der Waals surface area contributed by atoms with E-state index in [9.17, 15) is 4.21 Å². The van der Waals surface area contributed by atoms with Crippen molar-refractivity contribution in [3.05, 3.63) is 24.5 Å². The van der Waals surface area contributed by atoms with Gasteiger partial charge >= 0.3 is 0 Å². The molecule has 6 heteroatoms. The van der Waals surface area contributed by atoms with E-state index in [1.807, 2.05) is 0 Å². The Morgan fingerprint density at radius 3 is 3.06 bits per heavy atom. The SMILES string of the molecule is CCCC[S@](=O)Cc1nc(-c2ccoc2)no1. The Balaban J connectivity index is 1.97. The Bertz CT molecular complexity index is 479. The number of hydrogen-bond acceptors (Lipinski definition) is 5. The second-order valence-corrected chi connectivity index (χ2v) is 5.24. The van der Waals surface area contributed by atoms with E-state index in [4.69, 9.17) is 8.94 Å². The van der Waals surface area contributed by atoms with Gasteiger partial charge < -0.3 is 8.94 Å². The molecule has 0 amide bonds. The average Bonchev–Trinajstić information content (AvgIpc) is 2.95. The van der Waals surface area contributed by atoms with Crippen LogP contribution < -0.4 is 0 Å². The molecular weight excluding hydrogens is 240 g/mol. The monoisotopic (exact) mass is 254 g/mol. The molecule has 0 bridgehead atoms. The third kappa shape index (κ3) is 3.26. The summed E-state index contributed by atoms with van der Waals surface area (Å²) in [6.07, 6.45) is 5.08. The summed E-state index contributed by atoms with van der Waals surface area (Å²) in [5.41, 5.74) is 0.763. The molecular formula is C11H14N2O3S. The van der Waals surface area contributed by atoms with Crippen molar-refractivity contribution in [3.8, 4) is 11.4 Å². The molecule has 1 atom stereocenters. The lowest BCUT2D eigenvalue weighted by atomic mass is 10.3. The highest BCUT2D eigenvalue weighted by molar-refractivity contribution is 7.84. The van der Waals surface area contributed by atoms with Crippen LogP contribution in [-0.4, -0.2) is 20.1 Å². The molecule has 2 heterocycles. The highest BCUT2D eigenvalue weighted by Gasteiger charge is 2.11. The van der Waals surface area contributed by atoms with Gasteiger partial charge in [0, 0.05) is 16.6 Å². The van der Waals surface area contributed by atoms with E-state index in [0.29, 0.717) is 23.2 Å². The van der Waals surface area contributed by atoms with Gasteiger partial charge in [0.15, 0.2) is 0 Å². The molecule has 0 aliphatic rings. The summed E-state index contributed by atoms with van der Waals surface area (Å²) in [5, 5.41) is 3.81. The third-order valence-electron chi connectivity index (χ3n) is 2.26. The predicted octanol–water partition coefficient (Wildman–Crippen LogP) is 2.38. The van der Waals surface area contributed by atoms with Gasteiger partial charge in [0.05, 0.1) is 11.8 Å². The smallest absolute Gasteiger partial charge is 0.239 e. The number of hydrogen-bond donors (Lipinski definition) is 0. The number of nitrogens with zero attached hydrogens (tertiary/aromatic N) is 2. The van der Waals surface area contributed by atoms with Crippen LogP contribution in [0.5, 0.6) is 0 Å². The van der Waals surface area contributed by atoms with Gasteiger partial charge in [-0.2, -0.15) is 4.98 Å². The van der Waals surface area contributed by atoms with Crippen molar-refractivity contribution in [1.29, 1.82) is 0 Å². The van der Waals surface area contributed by atoms with Crippen molar-refractivity contribution in [3.63, 3.8) is 0 Å². The van der Waals surface area contributed by atoms with E-state index in [0.717, 1.165) is 18.4 Å². The summed E-state index contributed by atoms with van der Waals surface area (Å²) in [5.74, 6) is 1.89. The fraction of sp³-hybridized carbons (Fsp3) is 0.455. The van der Waals surface area contributed by atoms with Gasteiger partial charge in [-0.15, -0.1) is 0 Å². The van der Waals surface area contributed by atoms with Crippen LogP contribution in [-0.2, 0) is 16.6 Å². The fourth-order valence-corrected chi connectivity index (χ4v) is 2.49. The molecule has 0 saturated heterocycles. The second-order valence-electron chi connectivity index (χ2n) is 3.67. The molecule has 0 saturated carbocycles. The Labute approximate surface area is 102 Å². The molecule has 2 aromatic rings. The van der Waals surface area contributed by atoms with Gasteiger partial charge in [0.25, 0.3) is 0 Å². The third-order valence-corrected chi connectivity index (χ3v) is 3.57. The largest absolute Gasteiger partial charge is 0.472 e. The molecule has 0 spiro atoms. The summed E-state index contributed by atoms with van der Waals surface area (Å²) in [7, 11) is -0.924. The first-order valence-corrected chi connectivity index (χ1v) is 6.98. The van der Waals surface area contributed by atoms with E-state index in [2.05, 4.69) is 17.1 Å². The lowest BCUT2D eigenvalue weighted by molar-refractivity contribution is 0.390. The van der Waals surface area contributed by atoms with Crippen molar-refractivity contribution in [2.75, 3.05) is 5.75 Å². The zero-order chi connectivity index (χ0) is 12.1. The normalized spacial score (nSPS) is 12.8. The van der Waals surface area contributed by atoms with Gasteiger partial charge in [-0.05, 0) is 12.5 Å². The highest BCUT2D eigenvalue weighted by Crippen LogP contribution is 2.16. The molecule has 92 valence electrons. The molecule has 0 aliphatic heterocycles. The summed E-state index contributed by atoms with van der Waals surface area (Å²) < 4.78 is 21.6. The van der Waals surface area contributed by atoms with Gasteiger partial charge in [-0.1, -0.05) is 18.5 Å². The lowest BCUT2D eigenvalue weighted by Gasteiger charge is -1.95. The van der Waals surface area contributed by atoms with Crippen molar-refractivity contribution in [2.45, 2.75) is 25.5 Å². The van der Waals surface area contributed by atoms with Crippen molar-refractivity contribution in [1.82, 2.24) is 10.1 Å². The van der Waals surface area contributed by atoms with Gasteiger partial charge in [0.2, 0.25) is 11.7 Å². The topological polar surface area (TPSA) is 69.1 Å². The van der Waals surface area contributed by atoms with Crippen LogP contribution in [0.3, 0.4) is 0 Å². The maximum atomic E-state index is 11.6. The zero-order valence-corrected chi connectivity index (χ0v) is 10.4. The molecule has 0 fully saturated rings. The van der Waals surface area contributed by atoms with Crippen LogP contribution in [0.1, 0.15) is 25.7 Å². The van der Waals surface area contributed by atoms with Crippen LogP contribution in [0, 0.1) is 0 Å².